The second kappa shape index (κ2) is 12.7. The van der Waals surface area contributed by atoms with Crippen molar-refractivity contribution < 1.29 is 23.5 Å². The number of amides is 2. The van der Waals surface area contributed by atoms with Gasteiger partial charge in [0, 0.05) is 16.3 Å². The van der Waals surface area contributed by atoms with E-state index in [2.05, 4.69) is 31.8 Å². The number of ether oxygens (including phenoxy) is 2. The van der Waals surface area contributed by atoms with Gasteiger partial charge in [0.05, 0.1) is 22.3 Å². The molecule has 11 heteroatoms. The monoisotopic (exact) mass is 595 g/mol. The van der Waals surface area contributed by atoms with Crippen molar-refractivity contribution in [3.05, 3.63) is 85.6 Å². The minimum Gasteiger partial charge on any atom is -0.490 e. The van der Waals surface area contributed by atoms with Gasteiger partial charge in [-0.05, 0) is 77.3 Å². The molecule has 188 valence electrons. The molecule has 0 aliphatic heterocycles. The maximum Gasteiger partial charge on any atom is 0.329 e. The molecule has 0 heterocycles. The maximum atomic E-state index is 14.1. The van der Waals surface area contributed by atoms with E-state index in [0.717, 1.165) is 0 Å². The van der Waals surface area contributed by atoms with E-state index >= 15 is 0 Å². The number of hydrogen-bond acceptors (Lipinski definition) is 5. The lowest BCUT2D eigenvalue weighted by Crippen LogP contribution is -2.32. The van der Waals surface area contributed by atoms with E-state index in [0.29, 0.717) is 44.4 Å². The third-order valence-corrected chi connectivity index (χ3v) is 6.21. The van der Waals surface area contributed by atoms with Crippen LogP contribution in [0.1, 0.15) is 23.6 Å². The minimum atomic E-state index is -0.962. The van der Waals surface area contributed by atoms with Crippen LogP contribution < -0.4 is 20.2 Å². The SMILES string of the molecule is CCOc1cc(/C=N/NC(=O)C(=O)Nc2cccc(Cl)c2C)cc(Br)c1OCc1c(F)cccc1Cl. The van der Waals surface area contributed by atoms with Gasteiger partial charge < -0.3 is 14.8 Å². The zero-order valence-electron chi connectivity index (χ0n) is 19.2. The highest BCUT2D eigenvalue weighted by molar-refractivity contribution is 9.10. The van der Waals surface area contributed by atoms with Gasteiger partial charge in [-0.3, -0.25) is 9.59 Å². The first-order valence-electron chi connectivity index (χ1n) is 10.6. The molecule has 3 rings (SSSR count). The number of rotatable bonds is 8. The quantitative estimate of drug-likeness (QED) is 0.182. The molecular formula is C25H21BrCl2FN3O4. The van der Waals surface area contributed by atoms with Gasteiger partial charge >= 0.3 is 11.8 Å². The molecule has 0 bridgehead atoms. The van der Waals surface area contributed by atoms with Gasteiger partial charge in [-0.1, -0.05) is 35.3 Å². The van der Waals surface area contributed by atoms with E-state index in [1.807, 2.05) is 0 Å². The van der Waals surface area contributed by atoms with Crippen molar-refractivity contribution in [1.29, 1.82) is 0 Å². The van der Waals surface area contributed by atoms with Gasteiger partial charge in [0.1, 0.15) is 12.4 Å². The summed E-state index contributed by atoms with van der Waals surface area (Å²) in [7, 11) is 0. The summed E-state index contributed by atoms with van der Waals surface area (Å²) in [6.07, 6.45) is 1.33. The first-order chi connectivity index (χ1) is 17.2. The van der Waals surface area contributed by atoms with Crippen molar-refractivity contribution in [1.82, 2.24) is 5.43 Å². The van der Waals surface area contributed by atoms with Crippen LogP contribution in [0.15, 0.2) is 58.1 Å². The predicted octanol–water partition coefficient (Wildman–Crippen LogP) is 6.27. The standard InChI is InChI=1S/C25H21BrCl2FN3O4/c1-3-35-22-11-15(10-17(26)23(22)36-13-16-19(28)7-4-8-20(16)29)12-30-32-25(34)24(33)31-21-9-5-6-18(27)14(21)2/h4-12H,3,13H2,1-2H3,(H,31,33)(H,32,34)/b30-12+. The predicted molar refractivity (Wildman–Crippen MR) is 142 cm³/mol. The van der Waals surface area contributed by atoms with E-state index in [9.17, 15) is 14.0 Å². The lowest BCUT2D eigenvalue weighted by Gasteiger charge is -2.15. The molecule has 2 N–H and O–H groups in total. The Kier molecular flexibility index (Phi) is 9.69. The van der Waals surface area contributed by atoms with Gasteiger partial charge in [-0.15, -0.1) is 0 Å². The zero-order valence-corrected chi connectivity index (χ0v) is 22.3. The van der Waals surface area contributed by atoms with Crippen molar-refractivity contribution >= 4 is 62.8 Å². The topological polar surface area (TPSA) is 89.0 Å². The van der Waals surface area contributed by atoms with E-state index in [1.54, 1.807) is 50.2 Å². The average molecular weight is 597 g/mol. The highest BCUT2D eigenvalue weighted by Crippen LogP contribution is 2.37. The van der Waals surface area contributed by atoms with Crippen LogP contribution in [0, 0.1) is 12.7 Å². The second-order valence-corrected chi connectivity index (χ2v) is 8.99. The Bertz CT molecular complexity index is 1300. The van der Waals surface area contributed by atoms with Crippen LogP contribution in [0.3, 0.4) is 0 Å². The summed E-state index contributed by atoms with van der Waals surface area (Å²) in [4.78, 5) is 24.3. The highest BCUT2D eigenvalue weighted by atomic mass is 79.9. The van der Waals surface area contributed by atoms with Crippen molar-refractivity contribution in [2.75, 3.05) is 11.9 Å². The molecule has 0 radical (unpaired) electrons. The van der Waals surface area contributed by atoms with Crippen molar-refractivity contribution in [3.8, 4) is 11.5 Å². The van der Waals surface area contributed by atoms with E-state index in [-0.39, 0.29) is 17.2 Å². The zero-order chi connectivity index (χ0) is 26.2. The molecule has 0 aliphatic carbocycles. The second-order valence-electron chi connectivity index (χ2n) is 7.32. The summed E-state index contributed by atoms with van der Waals surface area (Å²) < 4.78 is 26.1. The van der Waals surface area contributed by atoms with Gasteiger partial charge in [0.15, 0.2) is 11.5 Å². The molecule has 0 aliphatic rings. The lowest BCUT2D eigenvalue weighted by molar-refractivity contribution is -0.136. The molecule has 2 amide bonds. The van der Waals surface area contributed by atoms with Gasteiger partial charge in [0.25, 0.3) is 0 Å². The molecule has 7 nitrogen and oxygen atoms in total. The number of carbonyl (C=O) groups excluding carboxylic acids is 2. The van der Waals surface area contributed by atoms with Crippen LogP contribution in [-0.4, -0.2) is 24.6 Å². The lowest BCUT2D eigenvalue weighted by atomic mass is 10.2. The Morgan fingerprint density at radius 3 is 2.53 bits per heavy atom. The molecule has 0 saturated carbocycles. The van der Waals surface area contributed by atoms with Crippen molar-refractivity contribution in [2.45, 2.75) is 20.5 Å². The largest absolute Gasteiger partial charge is 0.490 e. The summed E-state index contributed by atoms with van der Waals surface area (Å²) in [6.45, 7) is 3.74. The number of hydrogen-bond donors (Lipinski definition) is 2. The van der Waals surface area contributed by atoms with E-state index in [4.69, 9.17) is 32.7 Å². The first-order valence-corrected chi connectivity index (χ1v) is 12.2. The number of halogens is 4. The minimum absolute atomic E-state index is 0.116. The Morgan fingerprint density at radius 1 is 1.08 bits per heavy atom. The highest BCUT2D eigenvalue weighted by Gasteiger charge is 2.16. The van der Waals surface area contributed by atoms with Crippen LogP contribution in [0.2, 0.25) is 10.0 Å². The molecule has 0 unspecified atom stereocenters. The Morgan fingerprint density at radius 2 is 1.81 bits per heavy atom. The van der Waals surface area contributed by atoms with Crippen molar-refractivity contribution in [3.63, 3.8) is 0 Å². The van der Waals surface area contributed by atoms with Crippen LogP contribution in [-0.2, 0) is 16.2 Å². The van der Waals surface area contributed by atoms with Gasteiger partial charge in [0.2, 0.25) is 0 Å². The molecule has 0 saturated heterocycles. The number of nitrogens with one attached hydrogen (secondary N) is 2. The molecule has 0 spiro atoms. The third kappa shape index (κ3) is 6.96. The van der Waals surface area contributed by atoms with Gasteiger partial charge in [-0.2, -0.15) is 5.10 Å². The summed E-state index contributed by atoms with van der Waals surface area (Å²) in [6, 6.07) is 12.6. The Hall–Kier alpha value is -3.14. The molecule has 0 atom stereocenters. The number of carbonyl (C=O) groups is 2. The average Bonchev–Trinajstić information content (AvgIpc) is 2.83. The maximum absolute atomic E-state index is 14.1. The molecule has 3 aromatic carbocycles. The molecular weight excluding hydrogens is 576 g/mol. The van der Waals surface area contributed by atoms with Crippen molar-refractivity contribution in [2.24, 2.45) is 5.10 Å². The fraction of sp³-hybridized carbons (Fsp3) is 0.160. The summed E-state index contributed by atoms with van der Waals surface area (Å²) >= 11 is 15.5. The fourth-order valence-electron chi connectivity index (χ4n) is 3.02. The number of anilines is 1. The normalized spacial score (nSPS) is 10.8. The summed E-state index contributed by atoms with van der Waals surface area (Å²) in [5.41, 5.74) is 3.98. The molecule has 3 aromatic rings. The Labute approximate surface area is 225 Å². The van der Waals surface area contributed by atoms with Crippen LogP contribution in [0.4, 0.5) is 10.1 Å². The number of hydrazone groups is 1. The third-order valence-electron chi connectivity index (χ3n) is 4.86. The molecule has 36 heavy (non-hydrogen) atoms. The Balaban J connectivity index is 1.69. The first kappa shape index (κ1) is 27.4. The fourth-order valence-corrected chi connectivity index (χ4v) is 3.98. The van der Waals surface area contributed by atoms with E-state index < -0.39 is 17.6 Å². The van der Waals surface area contributed by atoms with Gasteiger partial charge in [-0.25, -0.2) is 9.82 Å². The molecule has 0 aromatic heterocycles. The number of nitrogens with zero attached hydrogens (tertiary/aromatic N) is 1. The van der Waals surface area contributed by atoms with Crippen LogP contribution >= 0.6 is 39.1 Å². The number of benzene rings is 3. The van der Waals surface area contributed by atoms with Crippen LogP contribution in [0.25, 0.3) is 0 Å². The summed E-state index contributed by atoms with van der Waals surface area (Å²) in [5.74, 6) is -1.64. The van der Waals surface area contributed by atoms with Crippen LogP contribution in [0.5, 0.6) is 11.5 Å². The van der Waals surface area contributed by atoms with E-state index in [1.165, 1.54) is 18.3 Å². The smallest absolute Gasteiger partial charge is 0.329 e. The molecule has 0 fully saturated rings. The summed E-state index contributed by atoms with van der Waals surface area (Å²) in [5, 5.41) is 7.04.